The summed E-state index contributed by atoms with van der Waals surface area (Å²) in [4.78, 5) is 7.09. The van der Waals surface area contributed by atoms with Crippen LogP contribution in [0.2, 0.25) is 0 Å². The molecule has 0 aliphatic heterocycles. The first-order chi connectivity index (χ1) is 11.1. The first-order valence-corrected chi connectivity index (χ1v) is 8.53. The molecule has 0 aromatic heterocycles. The third-order valence-electron chi connectivity index (χ3n) is 3.92. The summed E-state index contributed by atoms with van der Waals surface area (Å²) in [5, 5.41) is 6.74. The van der Waals surface area contributed by atoms with E-state index in [0.29, 0.717) is 12.6 Å². The summed E-state index contributed by atoms with van der Waals surface area (Å²) in [6, 6.07) is 8.51. The van der Waals surface area contributed by atoms with Crippen LogP contribution in [0.3, 0.4) is 0 Å². The molecular weight excluding hydrogens is 415 g/mol. The van der Waals surface area contributed by atoms with Crippen molar-refractivity contribution in [2.45, 2.75) is 40.3 Å². The molecule has 138 valence electrons. The lowest BCUT2D eigenvalue weighted by Crippen LogP contribution is -2.45. The van der Waals surface area contributed by atoms with Gasteiger partial charge in [-0.1, -0.05) is 26.0 Å². The zero-order valence-corrected chi connectivity index (χ0v) is 18.0. The van der Waals surface area contributed by atoms with Crippen LogP contribution < -0.4 is 15.4 Å². The minimum atomic E-state index is 0. The zero-order chi connectivity index (χ0) is 17.1. The number of benzene rings is 1. The summed E-state index contributed by atoms with van der Waals surface area (Å²) in [6.07, 6.45) is 0. The standard InChI is InChI=1S/C18H32N4O.HI/c1-6-19-18(20-13-15(4)22(7-2)8-3)21-14-16-9-11-17(23-5)12-10-16;/h9-12,15H,6-8,13-14H2,1-5H3,(H2,19,20,21);1H. The van der Waals surface area contributed by atoms with Gasteiger partial charge >= 0.3 is 0 Å². The van der Waals surface area contributed by atoms with Crippen molar-refractivity contribution < 1.29 is 4.74 Å². The van der Waals surface area contributed by atoms with Gasteiger partial charge in [0, 0.05) is 19.1 Å². The lowest BCUT2D eigenvalue weighted by molar-refractivity contribution is 0.231. The van der Waals surface area contributed by atoms with Crippen LogP contribution in [0.4, 0.5) is 0 Å². The molecule has 1 rings (SSSR count). The highest BCUT2D eigenvalue weighted by Gasteiger charge is 2.10. The molecular formula is C18H33IN4O. The van der Waals surface area contributed by atoms with Crippen molar-refractivity contribution in [2.75, 3.05) is 33.3 Å². The number of halogens is 1. The number of likely N-dealkylation sites (N-methyl/N-ethyl adjacent to an activating group) is 1. The van der Waals surface area contributed by atoms with Gasteiger partial charge in [-0.2, -0.15) is 0 Å². The molecule has 0 radical (unpaired) electrons. The van der Waals surface area contributed by atoms with Crippen LogP contribution in [0.25, 0.3) is 0 Å². The maximum Gasteiger partial charge on any atom is 0.191 e. The Balaban J connectivity index is 0.00000529. The fourth-order valence-corrected chi connectivity index (χ4v) is 2.46. The van der Waals surface area contributed by atoms with Gasteiger partial charge in [0.15, 0.2) is 5.96 Å². The molecule has 0 saturated heterocycles. The molecule has 0 spiro atoms. The Morgan fingerprint density at radius 1 is 1.12 bits per heavy atom. The fourth-order valence-electron chi connectivity index (χ4n) is 2.46. The monoisotopic (exact) mass is 448 g/mol. The van der Waals surface area contributed by atoms with E-state index in [0.717, 1.165) is 37.9 Å². The van der Waals surface area contributed by atoms with Crippen molar-refractivity contribution in [3.63, 3.8) is 0 Å². The summed E-state index contributed by atoms with van der Waals surface area (Å²) < 4.78 is 5.18. The van der Waals surface area contributed by atoms with E-state index in [1.807, 2.05) is 24.3 Å². The zero-order valence-electron chi connectivity index (χ0n) is 15.6. The van der Waals surface area contributed by atoms with Gasteiger partial charge < -0.3 is 15.4 Å². The van der Waals surface area contributed by atoms with E-state index in [4.69, 9.17) is 4.74 Å². The second-order valence-corrected chi connectivity index (χ2v) is 5.49. The van der Waals surface area contributed by atoms with Gasteiger partial charge in [0.25, 0.3) is 0 Å². The first kappa shape index (κ1) is 23.0. The van der Waals surface area contributed by atoms with Crippen LogP contribution in [0.1, 0.15) is 33.3 Å². The summed E-state index contributed by atoms with van der Waals surface area (Å²) in [6.45, 7) is 13.2. The highest BCUT2D eigenvalue weighted by molar-refractivity contribution is 14.0. The predicted octanol–water partition coefficient (Wildman–Crippen LogP) is 3.10. The van der Waals surface area contributed by atoms with Gasteiger partial charge in [-0.25, -0.2) is 4.99 Å². The molecule has 1 aromatic rings. The van der Waals surface area contributed by atoms with Crippen molar-refractivity contribution >= 4 is 29.9 Å². The lowest BCUT2D eigenvalue weighted by atomic mass is 10.2. The molecule has 24 heavy (non-hydrogen) atoms. The average molecular weight is 448 g/mol. The Labute approximate surface area is 164 Å². The number of nitrogens with one attached hydrogen (secondary N) is 2. The Morgan fingerprint density at radius 2 is 1.75 bits per heavy atom. The first-order valence-electron chi connectivity index (χ1n) is 8.53. The topological polar surface area (TPSA) is 48.9 Å². The van der Waals surface area contributed by atoms with Gasteiger partial charge in [-0.15, -0.1) is 24.0 Å². The number of rotatable bonds is 9. The van der Waals surface area contributed by atoms with Gasteiger partial charge in [-0.05, 0) is 44.6 Å². The van der Waals surface area contributed by atoms with E-state index in [1.54, 1.807) is 7.11 Å². The van der Waals surface area contributed by atoms with Crippen molar-refractivity contribution in [2.24, 2.45) is 4.99 Å². The molecule has 0 fully saturated rings. The molecule has 2 N–H and O–H groups in total. The minimum Gasteiger partial charge on any atom is -0.497 e. The number of hydrogen-bond acceptors (Lipinski definition) is 3. The Bertz CT molecular complexity index is 461. The molecule has 5 nitrogen and oxygen atoms in total. The minimum absolute atomic E-state index is 0. The summed E-state index contributed by atoms with van der Waals surface area (Å²) in [5.41, 5.74) is 1.17. The smallest absolute Gasteiger partial charge is 0.191 e. The molecule has 0 amide bonds. The molecule has 0 heterocycles. The summed E-state index contributed by atoms with van der Waals surface area (Å²) >= 11 is 0. The van der Waals surface area contributed by atoms with Gasteiger partial charge in [-0.3, -0.25) is 4.90 Å². The third kappa shape index (κ3) is 8.19. The maximum absolute atomic E-state index is 5.18. The average Bonchev–Trinajstić information content (AvgIpc) is 2.59. The normalized spacial score (nSPS) is 12.5. The highest BCUT2D eigenvalue weighted by atomic mass is 127. The molecule has 1 aromatic carbocycles. The molecule has 1 unspecified atom stereocenters. The van der Waals surface area contributed by atoms with Gasteiger partial charge in [0.05, 0.1) is 13.7 Å². The highest BCUT2D eigenvalue weighted by Crippen LogP contribution is 2.11. The quantitative estimate of drug-likeness (QED) is 0.346. The Morgan fingerprint density at radius 3 is 2.25 bits per heavy atom. The number of nitrogens with zero attached hydrogens (tertiary/aromatic N) is 2. The molecule has 0 saturated carbocycles. The molecule has 0 aliphatic rings. The van der Waals surface area contributed by atoms with E-state index < -0.39 is 0 Å². The maximum atomic E-state index is 5.18. The van der Waals surface area contributed by atoms with Crippen LogP contribution in [-0.4, -0.2) is 50.2 Å². The van der Waals surface area contributed by atoms with Gasteiger partial charge in [0.2, 0.25) is 0 Å². The predicted molar refractivity (Wildman–Crippen MR) is 114 cm³/mol. The molecule has 0 aliphatic carbocycles. The van der Waals surface area contributed by atoms with E-state index in [1.165, 1.54) is 5.56 Å². The molecule has 1 atom stereocenters. The van der Waals surface area contributed by atoms with Crippen LogP contribution in [0, 0.1) is 0 Å². The van der Waals surface area contributed by atoms with Crippen LogP contribution in [-0.2, 0) is 6.54 Å². The van der Waals surface area contributed by atoms with E-state index in [9.17, 15) is 0 Å². The largest absolute Gasteiger partial charge is 0.497 e. The van der Waals surface area contributed by atoms with Crippen molar-refractivity contribution in [3.05, 3.63) is 29.8 Å². The number of guanidine groups is 1. The Hall–Kier alpha value is -1.02. The van der Waals surface area contributed by atoms with Gasteiger partial charge in [0.1, 0.15) is 5.75 Å². The fraction of sp³-hybridized carbons (Fsp3) is 0.611. The molecule has 6 heteroatoms. The van der Waals surface area contributed by atoms with Crippen LogP contribution in [0.5, 0.6) is 5.75 Å². The number of methoxy groups -OCH3 is 1. The number of hydrogen-bond donors (Lipinski definition) is 2. The van der Waals surface area contributed by atoms with Crippen molar-refractivity contribution in [1.82, 2.24) is 15.5 Å². The molecule has 0 bridgehead atoms. The summed E-state index contributed by atoms with van der Waals surface area (Å²) in [7, 11) is 1.68. The number of ether oxygens (including phenoxy) is 1. The van der Waals surface area contributed by atoms with E-state index in [2.05, 4.69) is 48.2 Å². The number of aliphatic imine (C=N–C) groups is 1. The SMILES string of the molecule is CCNC(=NCc1ccc(OC)cc1)NCC(C)N(CC)CC.I. The second-order valence-electron chi connectivity index (χ2n) is 5.49. The Kier molecular flexibility index (Phi) is 12.7. The van der Waals surface area contributed by atoms with Crippen LogP contribution in [0.15, 0.2) is 29.3 Å². The summed E-state index contributed by atoms with van der Waals surface area (Å²) in [5.74, 6) is 1.73. The van der Waals surface area contributed by atoms with E-state index >= 15 is 0 Å². The van der Waals surface area contributed by atoms with Crippen LogP contribution >= 0.6 is 24.0 Å². The lowest BCUT2D eigenvalue weighted by Gasteiger charge is -2.27. The second kappa shape index (κ2) is 13.3. The van der Waals surface area contributed by atoms with Crippen molar-refractivity contribution in [3.8, 4) is 5.75 Å². The van der Waals surface area contributed by atoms with Crippen molar-refractivity contribution in [1.29, 1.82) is 0 Å². The van der Waals surface area contributed by atoms with E-state index in [-0.39, 0.29) is 24.0 Å². The third-order valence-corrected chi connectivity index (χ3v) is 3.92.